The standard InChI is InChI=1S/C50H32N6/c1-3-13-37(14-4-1)45-51-46(38-15-5-2-6-16-38)53-47(52-45)39-25-19-35(20-26-39)36-21-27-40(28-22-36)48-54-49(43-29-23-33-11-7-9-17-41(33)31-43)56-50(55-48)44-30-24-34-12-8-10-18-42(34)32-44/h1-32H. The zero-order chi connectivity index (χ0) is 37.3. The lowest BCUT2D eigenvalue weighted by Gasteiger charge is -2.11. The molecule has 8 aromatic carbocycles. The van der Waals surface area contributed by atoms with Gasteiger partial charge < -0.3 is 0 Å². The number of nitrogens with zero attached hydrogens (tertiary/aromatic N) is 6. The molecule has 0 atom stereocenters. The van der Waals surface area contributed by atoms with Crippen molar-refractivity contribution in [2.75, 3.05) is 0 Å². The van der Waals surface area contributed by atoms with Crippen LogP contribution in [0.3, 0.4) is 0 Å². The van der Waals surface area contributed by atoms with E-state index < -0.39 is 0 Å². The summed E-state index contributed by atoms with van der Waals surface area (Å²) in [5.74, 6) is 3.78. The van der Waals surface area contributed by atoms with Gasteiger partial charge in [0, 0.05) is 33.4 Å². The molecule has 0 amide bonds. The highest BCUT2D eigenvalue weighted by Gasteiger charge is 2.15. The lowest BCUT2D eigenvalue weighted by atomic mass is 10.0. The highest BCUT2D eigenvalue weighted by molar-refractivity contribution is 5.88. The van der Waals surface area contributed by atoms with Crippen molar-refractivity contribution in [1.82, 2.24) is 29.9 Å². The van der Waals surface area contributed by atoms with Crippen LogP contribution in [0, 0.1) is 0 Å². The molecular weight excluding hydrogens is 685 g/mol. The quantitative estimate of drug-likeness (QED) is 0.163. The van der Waals surface area contributed by atoms with E-state index >= 15 is 0 Å². The van der Waals surface area contributed by atoms with Crippen LogP contribution in [-0.4, -0.2) is 29.9 Å². The fourth-order valence-corrected chi connectivity index (χ4v) is 6.98. The van der Waals surface area contributed by atoms with Crippen molar-refractivity contribution in [3.63, 3.8) is 0 Å². The summed E-state index contributed by atoms with van der Waals surface area (Å²) in [6.07, 6.45) is 0. The Morgan fingerprint density at radius 1 is 0.179 bits per heavy atom. The molecule has 0 bridgehead atoms. The van der Waals surface area contributed by atoms with Crippen LogP contribution in [0.5, 0.6) is 0 Å². The minimum atomic E-state index is 0.617. The molecule has 6 nitrogen and oxygen atoms in total. The number of hydrogen-bond acceptors (Lipinski definition) is 6. The van der Waals surface area contributed by atoms with Gasteiger partial charge in [-0.1, -0.05) is 182 Å². The minimum absolute atomic E-state index is 0.617. The van der Waals surface area contributed by atoms with E-state index in [1.165, 1.54) is 10.8 Å². The summed E-state index contributed by atoms with van der Waals surface area (Å²) < 4.78 is 0. The van der Waals surface area contributed by atoms with Gasteiger partial charge in [-0.2, -0.15) is 0 Å². The Labute approximate surface area is 324 Å². The Morgan fingerprint density at radius 2 is 0.429 bits per heavy atom. The van der Waals surface area contributed by atoms with Crippen LogP contribution in [0.25, 0.3) is 101 Å². The van der Waals surface area contributed by atoms with Gasteiger partial charge in [-0.3, -0.25) is 0 Å². The smallest absolute Gasteiger partial charge is 0.164 e. The van der Waals surface area contributed by atoms with Gasteiger partial charge in [-0.05, 0) is 44.8 Å². The van der Waals surface area contributed by atoms with Gasteiger partial charge in [-0.15, -0.1) is 0 Å². The summed E-state index contributed by atoms with van der Waals surface area (Å²) in [5, 5.41) is 4.62. The van der Waals surface area contributed by atoms with Crippen molar-refractivity contribution >= 4 is 21.5 Å². The van der Waals surface area contributed by atoms with Gasteiger partial charge in [0.1, 0.15) is 0 Å². The fraction of sp³-hybridized carbons (Fsp3) is 0. The first-order valence-electron chi connectivity index (χ1n) is 18.5. The number of hydrogen-bond donors (Lipinski definition) is 0. The molecule has 56 heavy (non-hydrogen) atoms. The number of aromatic nitrogens is 6. The van der Waals surface area contributed by atoms with Gasteiger partial charge in [0.15, 0.2) is 34.9 Å². The predicted molar refractivity (Wildman–Crippen MR) is 226 cm³/mol. The van der Waals surface area contributed by atoms with E-state index in [1.807, 2.05) is 60.7 Å². The van der Waals surface area contributed by atoms with Gasteiger partial charge in [-0.25, -0.2) is 29.9 Å². The number of benzene rings is 8. The molecule has 2 aromatic heterocycles. The molecule has 0 aliphatic carbocycles. The van der Waals surface area contributed by atoms with Crippen molar-refractivity contribution in [1.29, 1.82) is 0 Å². The molecule has 10 rings (SSSR count). The molecular formula is C50H32N6. The maximum Gasteiger partial charge on any atom is 0.164 e. The molecule has 262 valence electrons. The zero-order valence-electron chi connectivity index (χ0n) is 30.2. The van der Waals surface area contributed by atoms with Crippen molar-refractivity contribution in [2.45, 2.75) is 0 Å². The lowest BCUT2D eigenvalue weighted by molar-refractivity contribution is 1.07. The predicted octanol–water partition coefficient (Wildman–Crippen LogP) is 12.0. The SMILES string of the molecule is c1ccc(-c2nc(-c3ccccc3)nc(-c3ccc(-c4ccc(-c5nc(-c6ccc7ccccc7c6)nc(-c6ccc7ccccc7c6)n5)cc4)cc3)n2)cc1. The molecule has 0 aliphatic rings. The zero-order valence-corrected chi connectivity index (χ0v) is 30.2. The Kier molecular flexibility index (Phi) is 8.39. The van der Waals surface area contributed by atoms with Crippen LogP contribution in [0.4, 0.5) is 0 Å². The van der Waals surface area contributed by atoms with E-state index in [0.717, 1.165) is 55.3 Å². The summed E-state index contributed by atoms with van der Waals surface area (Å²) in [5.41, 5.74) is 7.73. The van der Waals surface area contributed by atoms with E-state index in [-0.39, 0.29) is 0 Å². The summed E-state index contributed by atoms with van der Waals surface area (Å²) >= 11 is 0. The first-order valence-corrected chi connectivity index (χ1v) is 18.5. The summed E-state index contributed by atoms with van der Waals surface area (Å²) in [7, 11) is 0. The molecule has 0 radical (unpaired) electrons. The molecule has 6 heteroatoms. The van der Waals surface area contributed by atoms with Crippen LogP contribution >= 0.6 is 0 Å². The minimum Gasteiger partial charge on any atom is -0.208 e. The molecule has 10 aromatic rings. The molecule has 0 N–H and O–H groups in total. The van der Waals surface area contributed by atoms with Crippen LogP contribution in [0.1, 0.15) is 0 Å². The van der Waals surface area contributed by atoms with Gasteiger partial charge in [0.05, 0.1) is 0 Å². The Bertz CT molecular complexity index is 2850. The normalized spacial score (nSPS) is 11.2. The van der Waals surface area contributed by atoms with E-state index in [9.17, 15) is 0 Å². The van der Waals surface area contributed by atoms with E-state index in [0.29, 0.717) is 34.9 Å². The molecule has 0 spiro atoms. The van der Waals surface area contributed by atoms with Crippen molar-refractivity contribution in [3.05, 3.63) is 194 Å². The van der Waals surface area contributed by atoms with Crippen molar-refractivity contribution in [3.8, 4) is 79.5 Å². The van der Waals surface area contributed by atoms with Gasteiger partial charge >= 0.3 is 0 Å². The topological polar surface area (TPSA) is 77.3 Å². The third-order valence-corrected chi connectivity index (χ3v) is 9.97. The molecule has 2 heterocycles. The molecule has 0 fully saturated rings. The highest BCUT2D eigenvalue weighted by Crippen LogP contribution is 2.31. The van der Waals surface area contributed by atoms with Crippen LogP contribution in [-0.2, 0) is 0 Å². The number of fused-ring (bicyclic) bond motifs is 2. The van der Waals surface area contributed by atoms with Crippen LogP contribution in [0.2, 0.25) is 0 Å². The Hall–Kier alpha value is -7.70. The summed E-state index contributed by atoms with van der Waals surface area (Å²) in [6.45, 7) is 0. The van der Waals surface area contributed by atoms with Crippen molar-refractivity contribution in [2.24, 2.45) is 0 Å². The second-order valence-corrected chi connectivity index (χ2v) is 13.6. The maximum absolute atomic E-state index is 5.03. The van der Waals surface area contributed by atoms with E-state index in [4.69, 9.17) is 29.9 Å². The van der Waals surface area contributed by atoms with E-state index in [1.54, 1.807) is 0 Å². The Balaban J connectivity index is 0.994. The highest BCUT2D eigenvalue weighted by atomic mass is 15.0. The third-order valence-electron chi connectivity index (χ3n) is 9.97. The first kappa shape index (κ1) is 32.9. The monoisotopic (exact) mass is 716 g/mol. The summed E-state index contributed by atoms with van der Waals surface area (Å²) in [6, 6.07) is 66.2. The largest absolute Gasteiger partial charge is 0.208 e. The first-order chi connectivity index (χ1) is 27.7. The molecule has 0 aliphatic heterocycles. The fourth-order valence-electron chi connectivity index (χ4n) is 6.98. The van der Waals surface area contributed by atoms with Gasteiger partial charge in [0.2, 0.25) is 0 Å². The second kappa shape index (κ2) is 14.3. The molecule has 0 saturated heterocycles. The third kappa shape index (κ3) is 6.57. The Morgan fingerprint density at radius 3 is 0.786 bits per heavy atom. The van der Waals surface area contributed by atoms with Crippen molar-refractivity contribution < 1.29 is 0 Å². The average molecular weight is 717 g/mol. The molecule has 0 saturated carbocycles. The summed E-state index contributed by atoms with van der Waals surface area (Å²) in [4.78, 5) is 29.7. The second-order valence-electron chi connectivity index (χ2n) is 13.6. The number of rotatable bonds is 7. The molecule has 0 unspecified atom stereocenters. The van der Waals surface area contributed by atoms with Gasteiger partial charge in [0.25, 0.3) is 0 Å². The van der Waals surface area contributed by atoms with Crippen LogP contribution in [0.15, 0.2) is 194 Å². The average Bonchev–Trinajstić information content (AvgIpc) is 3.29. The lowest BCUT2D eigenvalue weighted by Crippen LogP contribution is -2.00. The maximum atomic E-state index is 5.03. The van der Waals surface area contributed by atoms with E-state index in [2.05, 4.69) is 133 Å². The van der Waals surface area contributed by atoms with Crippen LogP contribution < -0.4 is 0 Å².